The molecule has 0 N–H and O–H groups in total. The number of carbonyl (C=O) groups excluding carboxylic acids is 2. The van der Waals surface area contributed by atoms with Crippen molar-refractivity contribution in [3.8, 4) is 0 Å². The Balaban J connectivity index is 1.51. The van der Waals surface area contributed by atoms with Crippen LogP contribution in [0.1, 0.15) is 34.5 Å². The van der Waals surface area contributed by atoms with Crippen LogP contribution in [0.25, 0.3) is 5.78 Å². The highest BCUT2D eigenvalue weighted by molar-refractivity contribution is 5.99. The summed E-state index contributed by atoms with van der Waals surface area (Å²) in [6.45, 7) is 5.83. The van der Waals surface area contributed by atoms with Crippen molar-refractivity contribution in [1.82, 2.24) is 19.6 Å². The van der Waals surface area contributed by atoms with Gasteiger partial charge in [0.15, 0.2) is 6.10 Å². The molecule has 0 radical (unpaired) electrons. The van der Waals surface area contributed by atoms with Gasteiger partial charge in [-0.15, -0.1) is 5.10 Å². The second-order valence-electron chi connectivity index (χ2n) is 6.60. The number of amides is 1. The molecule has 0 saturated carbocycles. The number of para-hydroxylation sites is 1. The molecule has 27 heavy (non-hydrogen) atoms. The monoisotopic (exact) mass is 365 g/mol. The van der Waals surface area contributed by atoms with E-state index in [-0.39, 0.29) is 11.7 Å². The second-order valence-corrected chi connectivity index (χ2v) is 6.60. The standard InChI is InChI=1S/C19H19N5O3/c1-11-10-12(2)24-19(20-11)21-16(22-24)18(26)27-13(3)17(25)23-9-8-14-6-4-5-7-15(14)23/h4-7,10,13H,8-9H2,1-3H3/t13-/m0/s1. The number of aryl methyl sites for hydroxylation is 2. The number of rotatable bonds is 3. The van der Waals surface area contributed by atoms with Crippen molar-refractivity contribution in [1.29, 1.82) is 0 Å². The molecule has 138 valence electrons. The lowest BCUT2D eigenvalue weighted by Gasteiger charge is -2.21. The summed E-state index contributed by atoms with van der Waals surface area (Å²) in [6, 6.07) is 9.57. The minimum Gasteiger partial charge on any atom is -0.447 e. The van der Waals surface area contributed by atoms with Crippen LogP contribution in [0.2, 0.25) is 0 Å². The molecule has 1 aliphatic heterocycles. The van der Waals surface area contributed by atoms with Crippen molar-refractivity contribution >= 4 is 23.3 Å². The largest absolute Gasteiger partial charge is 0.447 e. The average molecular weight is 365 g/mol. The molecule has 3 heterocycles. The zero-order valence-electron chi connectivity index (χ0n) is 15.3. The van der Waals surface area contributed by atoms with E-state index in [1.54, 1.807) is 11.8 Å². The first-order chi connectivity index (χ1) is 12.9. The first-order valence-corrected chi connectivity index (χ1v) is 8.75. The van der Waals surface area contributed by atoms with Gasteiger partial charge in [0.25, 0.3) is 17.5 Å². The van der Waals surface area contributed by atoms with Crippen LogP contribution in [-0.2, 0) is 16.0 Å². The lowest BCUT2D eigenvalue weighted by atomic mass is 10.2. The maximum Gasteiger partial charge on any atom is 0.379 e. The van der Waals surface area contributed by atoms with Gasteiger partial charge in [0.05, 0.1) is 0 Å². The lowest BCUT2D eigenvalue weighted by Crippen LogP contribution is -2.39. The van der Waals surface area contributed by atoms with E-state index in [0.717, 1.165) is 29.1 Å². The van der Waals surface area contributed by atoms with Crippen molar-refractivity contribution in [3.63, 3.8) is 0 Å². The number of ether oxygens (including phenoxy) is 1. The highest BCUT2D eigenvalue weighted by Gasteiger charge is 2.30. The molecular formula is C19H19N5O3. The molecule has 0 spiro atoms. The van der Waals surface area contributed by atoms with Crippen molar-refractivity contribution in [2.75, 3.05) is 11.4 Å². The molecule has 8 nitrogen and oxygen atoms in total. The molecule has 4 rings (SSSR count). The van der Waals surface area contributed by atoms with Crippen LogP contribution in [0.4, 0.5) is 5.69 Å². The molecule has 0 unspecified atom stereocenters. The smallest absolute Gasteiger partial charge is 0.379 e. The molecule has 0 fully saturated rings. The summed E-state index contributed by atoms with van der Waals surface area (Å²) >= 11 is 0. The van der Waals surface area contributed by atoms with Gasteiger partial charge in [-0.2, -0.15) is 4.98 Å². The molecule has 2 aromatic heterocycles. The molecule has 3 aromatic rings. The number of esters is 1. The zero-order chi connectivity index (χ0) is 19.1. The third-order valence-electron chi connectivity index (χ3n) is 4.59. The predicted molar refractivity (Wildman–Crippen MR) is 97.6 cm³/mol. The van der Waals surface area contributed by atoms with Crippen LogP contribution < -0.4 is 4.90 Å². The van der Waals surface area contributed by atoms with Crippen LogP contribution in [-0.4, -0.2) is 44.1 Å². The number of hydrogen-bond acceptors (Lipinski definition) is 6. The predicted octanol–water partition coefficient (Wildman–Crippen LogP) is 1.88. The third-order valence-corrected chi connectivity index (χ3v) is 4.59. The summed E-state index contributed by atoms with van der Waals surface area (Å²) in [6.07, 6.45) is -0.146. The van der Waals surface area contributed by atoms with Gasteiger partial charge in [0.2, 0.25) is 0 Å². The molecule has 0 bridgehead atoms. The summed E-state index contributed by atoms with van der Waals surface area (Å²) in [4.78, 5) is 35.2. The van der Waals surface area contributed by atoms with Gasteiger partial charge in [-0.05, 0) is 44.9 Å². The van der Waals surface area contributed by atoms with E-state index in [1.165, 1.54) is 4.52 Å². The molecule has 1 aromatic carbocycles. The van der Waals surface area contributed by atoms with E-state index >= 15 is 0 Å². The summed E-state index contributed by atoms with van der Waals surface area (Å²) in [5.74, 6) is -0.794. The fraction of sp³-hybridized carbons (Fsp3) is 0.316. The van der Waals surface area contributed by atoms with Gasteiger partial charge in [0, 0.05) is 23.6 Å². The molecule has 1 aliphatic rings. The van der Waals surface area contributed by atoms with Gasteiger partial charge >= 0.3 is 5.97 Å². The summed E-state index contributed by atoms with van der Waals surface area (Å²) < 4.78 is 6.81. The average Bonchev–Trinajstić information content (AvgIpc) is 3.25. The summed E-state index contributed by atoms with van der Waals surface area (Å²) in [5, 5.41) is 4.14. The SMILES string of the molecule is Cc1cc(C)n2nc(C(=O)O[C@@H](C)C(=O)N3CCc4ccccc43)nc2n1. The van der Waals surface area contributed by atoms with Gasteiger partial charge < -0.3 is 9.64 Å². The maximum absolute atomic E-state index is 12.7. The van der Waals surface area contributed by atoms with Crippen LogP contribution in [0, 0.1) is 13.8 Å². The zero-order valence-corrected chi connectivity index (χ0v) is 15.3. The highest BCUT2D eigenvalue weighted by Crippen LogP contribution is 2.28. The van der Waals surface area contributed by atoms with Gasteiger partial charge in [-0.3, -0.25) is 4.79 Å². The van der Waals surface area contributed by atoms with Crippen molar-refractivity contribution in [2.24, 2.45) is 0 Å². The number of aromatic nitrogens is 4. The minimum absolute atomic E-state index is 0.113. The molecule has 0 aliphatic carbocycles. The van der Waals surface area contributed by atoms with Gasteiger partial charge in [-0.25, -0.2) is 14.3 Å². The summed E-state index contributed by atoms with van der Waals surface area (Å²) in [5.41, 5.74) is 3.57. The Morgan fingerprint density at radius 2 is 1.96 bits per heavy atom. The van der Waals surface area contributed by atoms with Crippen LogP contribution >= 0.6 is 0 Å². The number of anilines is 1. The molecule has 8 heteroatoms. The Labute approximate surface area is 155 Å². The van der Waals surface area contributed by atoms with E-state index < -0.39 is 12.1 Å². The Kier molecular flexibility index (Phi) is 4.10. The fourth-order valence-corrected chi connectivity index (χ4v) is 3.30. The van der Waals surface area contributed by atoms with Crippen LogP contribution in [0.3, 0.4) is 0 Å². The number of benzene rings is 1. The highest BCUT2D eigenvalue weighted by atomic mass is 16.5. The first-order valence-electron chi connectivity index (χ1n) is 8.75. The Hall–Kier alpha value is -3.29. The number of carbonyl (C=O) groups is 2. The Morgan fingerprint density at radius 3 is 2.78 bits per heavy atom. The van der Waals surface area contributed by atoms with E-state index in [4.69, 9.17) is 4.74 Å². The molecule has 0 saturated heterocycles. The van der Waals surface area contributed by atoms with E-state index in [0.29, 0.717) is 12.3 Å². The Morgan fingerprint density at radius 1 is 1.19 bits per heavy atom. The van der Waals surface area contributed by atoms with Crippen molar-refractivity contribution < 1.29 is 14.3 Å². The van der Waals surface area contributed by atoms with Crippen LogP contribution in [0.5, 0.6) is 0 Å². The van der Waals surface area contributed by atoms with E-state index in [9.17, 15) is 9.59 Å². The normalized spacial score (nSPS) is 14.3. The molecule has 1 amide bonds. The maximum atomic E-state index is 12.7. The second kappa shape index (κ2) is 6.46. The molecule has 1 atom stereocenters. The first kappa shape index (κ1) is 17.1. The third kappa shape index (κ3) is 3.03. The van der Waals surface area contributed by atoms with E-state index in [1.807, 2.05) is 44.2 Å². The summed E-state index contributed by atoms with van der Waals surface area (Å²) in [7, 11) is 0. The van der Waals surface area contributed by atoms with Crippen molar-refractivity contribution in [3.05, 3.63) is 53.1 Å². The minimum atomic E-state index is -0.939. The van der Waals surface area contributed by atoms with Crippen LogP contribution in [0.15, 0.2) is 30.3 Å². The van der Waals surface area contributed by atoms with Gasteiger partial charge in [-0.1, -0.05) is 18.2 Å². The number of hydrogen-bond donors (Lipinski definition) is 0. The fourth-order valence-electron chi connectivity index (χ4n) is 3.30. The van der Waals surface area contributed by atoms with Crippen molar-refractivity contribution in [2.45, 2.75) is 33.3 Å². The molecular weight excluding hydrogens is 346 g/mol. The van der Waals surface area contributed by atoms with Gasteiger partial charge in [0.1, 0.15) is 0 Å². The quantitative estimate of drug-likeness (QED) is 0.658. The Bertz CT molecular complexity index is 1060. The lowest BCUT2D eigenvalue weighted by molar-refractivity contribution is -0.126. The topological polar surface area (TPSA) is 89.7 Å². The number of fused-ring (bicyclic) bond motifs is 2. The number of nitrogens with zero attached hydrogens (tertiary/aromatic N) is 5. The van der Waals surface area contributed by atoms with E-state index in [2.05, 4.69) is 15.1 Å².